The molecule has 1 atom stereocenters. The zero-order valence-electron chi connectivity index (χ0n) is 10.0. The van der Waals surface area contributed by atoms with Crippen molar-refractivity contribution in [2.75, 3.05) is 13.7 Å². The van der Waals surface area contributed by atoms with Crippen molar-refractivity contribution >= 4 is 11.3 Å². The van der Waals surface area contributed by atoms with Crippen molar-refractivity contribution in [1.29, 1.82) is 0 Å². The van der Waals surface area contributed by atoms with Crippen LogP contribution < -0.4 is 5.32 Å². The quantitative estimate of drug-likeness (QED) is 0.793. The van der Waals surface area contributed by atoms with E-state index in [0.29, 0.717) is 6.04 Å². The minimum absolute atomic E-state index is 0.513. The number of nitrogens with one attached hydrogen (secondary N) is 1. The third-order valence-corrected chi connectivity index (χ3v) is 4.14. The van der Waals surface area contributed by atoms with Crippen LogP contribution in [0, 0.1) is 5.92 Å². The highest BCUT2D eigenvalue weighted by atomic mass is 32.1. The van der Waals surface area contributed by atoms with E-state index >= 15 is 0 Å². The van der Waals surface area contributed by atoms with Gasteiger partial charge in [0.1, 0.15) is 5.01 Å². The average Bonchev–Trinajstić information content (AvgIpc) is 3.03. The van der Waals surface area contributed by atoms with Crippen LogP contribution in [-0.2, 0) is 17.7 Å². The van der Waals surface area contributed by atoms with Gasteiger partial charge in [0.05, 0.1) is 6.61 Å². The summed E-state index contributed by atoms with van der Waals surface area (Å²) in [6.45, 7) is 3.87. The average molecular weight is 240 g/mol. The minimum atomic E-state index is 0.513. The largest absolute Gasteiger partial charge is 0.383 e. The summed E-state index contributed by atoms with van der Waals surface area (Å²) >= 11 is 1.81. The predicted octanol–water partition coefficient (Wildman–Crippen LogP) is 2.22. The van der Waals surface area contributed by atoms with Gasteiger partial charge >= 0.3 is 0 Å². The Labute approximate surface area is 101 Å². The molecule has 1 N–H and O–H groups in total. The number of aryl methyl sites for hydroxylation is 1. The van der Waals surface area contributed by atoms with Gasteiger partial charge in [-0.3, -0.25) is 0 Å². The topological polar surface area (TPSA) is 34.2 Å². The second-order valence-corrected chi connectivity index (χ2v) is 5.55. The van der Waals surface area contributed by atoms with Crippen LogP contribution in [0.4, 0.5) is 0 Å². The fourth-order valence-electron chi connectivity index (χ4n) is 1.85. The summed E-state index contributed by atoms with van der Waals surface area (Å²) in [6.07, 6.45) is 5.77. The van der Waals surface area contributed by atoms with Crippen LogP contribution in [0.25, 0.3) is 0 Å². The van der Waals surface area contributed by atoms with E-state index in [-0.39, 0.29) is 0 Å². The number of ether oxygens (including phenoxy) is 1. The number of thiazole rings is 1. The summed E-state index contributed by atoms with van der Waals surface area (Å²) in [6, 6.07) is 0.513. The molecule has 0 aliphatic heterocycles. The lowest BCUT2D eigenvalue weighted by Crippen LogP contribution is -2.34. The van der Waals surface area contributed by atoms with Gasteiger partial charge in [0.25, 0.3) is 0 Å². The van der Waals surface area contributed by atoms with Gasteiger partial charge in [0.2, 0.25) is 0 Å². The molecule has 16 heavy (non-hydrogen) atoms. The first-order valence-corrected chi connectivity index (χ1v) is 6.81. The molecule has 0 bridgehead atoms. The molecular weight excluding hydrogens is 220 g/mol. The summed E-state index contributed by atoms with van der Waals surface area (Å²) < 4.78 is 5.24. The van der Waals surface area contributed by atoms with E-state index in [0.717, 1.165) is 25.5 Å². The molecule has 1 aliphatic rings. The number of nitrogens with zero attached hydrogens (tertiary/aromatic N) is 1. The first kappa shape index (κ1) is 12.0. The Kier molecular flexibility index (Phi) is 4.32. The van der Waals surface area contributed by atoms with Gasteiger partial charge in [-0.15, -0.1) is 11.3 Å². The third-order valence-electron chi connectivity index (χ3n) is 3.00. The lowest BCUT2D eigenvalue weighted by molar-refractivity contribution is 0.157. The zero-order chi connectivity index (χ0) is 11.4. The maximum Gasteiger partial charge on any atom is 0.107 e. The van der Waals surface area contributed by atoms with Crippen LogP contribution in [0.5, 0.6) is 0 Å². The molecule has 1 saturated carbocycles. The Morgan fingerprint density at radius 3 is 3.00 bits per heavy atom. The molecule has 0 saturated heterocycles. The molecular formula is C12H20N2OS. The van der Waals surface area contributed by atoms with E-state index in [1.165, 1.54) is 22.7 Å². The molecule has 1 fully saturated rings. The highest BCUT2D eigenvalue weighted by Crippen LogP contribution is 2.32. The second kappa shape index (κ2) is 5.75. The number of methoxy groups -OCH3 is 1. The minimum Gasteiger partial charge on any atom is -0.383 e. The fraction of sp³-hybridized carbons (Fsp3) is 0.750. The van der Waals surface area contributed by atoms with Gasteiger partial charge in [-0.1, -0.05) is 6.92 Å². The first-order chi connectivity index (χ1) is 7.83. The Hall–Kier alpha value is -0.450. The maximum atomic E-state index is 5.24. The summed E-state index contributed by atoms with van der Waals surface area (Å²) in [7, 11) is 1.77. The Bertz CT molecular complexity index is 323. The highest BCUT2D eigenvalue weighted by molar-refractivity contribution is 7.11. The van der Waals surface area contributed by atoms with Gasteiger partial charge in [0.15, 0.2) is 0 Å². The van der Waals surface area contributed by atoms with Gasteiger partial charge in [0, 0.05) is 30.8 Å². The van der Waals surface area contributed by atoms with Crippen LogP contribution >= 0.6 is 11.3 Å². The van der Waals surface area contributed by atoms with Crippen LogP contribution in [0.1, 0.15) is 29.7 Å². The standard InChI is InChI=1S/C12H20N2OS/c1-3-10-6-14-12(16-10)7-13-11(8-15-2)9-4-5-9/h6,9,11,13H,3-5,7-8H2,1-2H3. The van der Waals surface area contributed by atoms with E-state index in [1.54, 1.807) is 7.11 Å². The van der Waals surface area contributed by atoms with E-state index < -0.39 is 0 Å². The molecule has 1 unspecified atom stereocenters. The summed E-state index contributed by atoms with van der Waals surface area (Å²) in [5.74, 6) is 0.825. The second-order valence-electron chi connectivity index (χ2n) is 4.35. The molecule has 1 aromatic rings. The maximum absolute atomic E-state index is 5.24. The molecule has 1 heterocycles. The van der Waals surface area contributed by atoms with Crippen molar-refractivity contribution < 1.29 is 4.74 Å². The molecule has 0 amide bonds. The molecule has 4 heteroatoms. The van der Waals surface area contributed by atoms with Crippen LogP contribution in [0.3, 0.4) is 0 Å². The highest BCUT2D eigenvalue weighted by Gasteiger charge is 2.30. The number of rotatable bonds is 7. The van der Waals surface area contributed by atoms with Crippen molar-refractivity contribution in [3.63, 3.8) is 0 Å². The van der Waals surface area contributed by atoms with E-state index in [9.17, 15) is 0 Å². The molecule has 0 radical (unpaired) electrons. The van der Waals surface area contributed by atoms with E-state index in [1.807, 2.05) is 17.5 Å². The molecule has 0 spiro atoms. The summed E-state index contributed by atoms with van der Waals surface area (Å²) in [4.78, 5) is 5.78. The fourth-order valence-corrected chi connectivity index (χ4v) is 2.66. The van der Waals surface area contributed by atoms with Gasteiger partial charge in [-0.2, -0.15) is 0 Å². The van der Waals surface area contributed by atoms with Crippen molar-refractivity contribution in [2.24, 2.45) is 5.92 Å². The molecule has 1 aliphatic carbocycles. The molecule has 0 aromatic carbocycles. The predicted molar refractivity (Wildman–Crippen MR) is 66.7 cm³/mol. The molecule has 2 rings (SSSR count). The van der Waals surface area contributed by atoms with Crippen molar-refractivity contribution in [1.82, 2.24) is 10.3 Å². The zero-order valence-corrected chi connectivity index (χ0v) is 10.8. The van der Waals surface area contributed by atoms with Crippen LogP contribution in [-0.4, -0.2) is 24.7 Å². The van der Waals surface area contributed by atoms with Crippen LogP contribution in [0.2, 0.25) is 0 Å². The van der Waals surface area contributed by atoms with Crippen molar-refractivity contribution in [2.45, 2.75) is 38.8 Å². The molecule has 1 aromatic heterocycles. The monoisotopic (exact) mass is 240 g/mol. The lowest BCUT2D eigenvalue weighted by Gasteiger charge is -2.16. The smallest absolute Gasteiger partial charge is 0.107 e. The SMILES string of the molecule is CCc1cnc(CNC(COC)C2CC2)s1. The first-order valence-electron chi connectivity index (χ1n) is 5.99. The van der Waals surface area contributed by atoms with Crippen LogP contribution in [0.15, 0.2) is 6.20 Å². The van der Waals surface area contributed by atoms with Crippen molar-refractivity contribution in [3.05, 3.63) is 16.1 Å². The molecule has 90 valence electrons. The van der Waals surface area contributed by atoms with Gasteiger partial charge in [-0.05, 0) is 25.2 Å². The number of hydrogen-bond donors (Lipinski definition) is 1. The Balaban J connectivity index is 1.80. The third kappa shape index (κ3) is 3.27. The van der Waals surface area contributed by atoms with Gasteiger partial charge in [-0.25, -0.2) is 4.98 Å². The number of hydrogen-bond acceptors (Lipinski definition) is 4. The molecule has 3 nitrogen and oxygen atoms in total. The van der Waals surface area contributed by atoms with Crippen molar-refractivity contribution in [3.8, 4) is 0 Å². The Morgan fingerprint density at radius 1 is 1.62 bits per heavy atom. The van der Waals surface area contributed by atoms with Gasteiger partial charge < -0.3 is 10.1 Å². The Morgan fingerprint density at radius 2 is 2.44 bits per heavy atom. The summed E-state index contributed by atoms with van der Waals surface area (Å²) in [5.41, 5.74) is 0. The lowest BCUT2D eigenvalue weighted by atomic mass is 10.2. The van der Waals surface area contributed by atoms with E-state index in [4.69, 9.17) is 4.74 Å². The van der Waals surface area contributed by atoms with E-state index in [2.05, 4.69) is 17.2 Å². The number of aromatic nitrogens is 1. The normalized spacial score (nSPS) is 17.6. The summed E-state index contributed by atoms with van der Waals surface area (Å²) in [5, 5.41) is 4.75.